The Morgan fingerprint density at radius 3 is 2.69 bits per heavy atom. The average Bonchev–Trinajstić information content (AvgIpc) is 2.34. The van der Waals surface area contributed by atoms with Crippen LogP contribution in [0.15, 0.2) is 30.3 Å². The van der Waals surface area contributed by atoms with Gasteiger partial charge in [0, 0.05) is 6.54 Å². The lowest BCUT2D eigenvalue weighted by atomic mass is 10.2. The molecule has 0 aliphatic carbocycles. The number of rotatable bonds is 7. The lowest BCUT2D eigenvalue weighted by Gasteiger charge is -2.05. The van der Waals surface area contributed by atoms with E-state index in [1.54, 1.807) is 24.3 Å². The summed E-state index contributed by atoms with van der Waals surface area (Å²) in [6, 6.07) is 8.78. The van der Waals surface area contributed by atoms with Gasteiger partial charge in [0.2, 0.25) is 0 Å². The minimum Gasteiger partial charge on any atom is -0.381 e. The molecule has 0 unspecified atom stereocenters. The van der Waals surface area contributed by atoms with Gasteiger partial charge in [-0.15, -0.1) is 0 Å². The van der Waals surface area contributed by atoms with Crippen LogP contribution in [0, 0.1) is 0 Å². The van der Waals surface area contributed by atoms with Gasteiger partial charge in [0.1, 0.15) is 0 Å². The number of carbonyl (C=O) groups excluding carboxylic acids is 1. The van der Waals surface area contributed by atoms with Crippen molar-refractivity contribution in [2.75, 3.05) is 19.8 Å². The van der Waals surface area contributed by atoms with Crippen molar-refractivity contribution < 1.29 is 14.7 Å². The predicted octanol–water partition coefficient (Wildman–Crippen LogP) is 0.277. The van der Waals surface area contributed by atoms with Crippen molar-refractivity contribution in [3.8, 4) is 0 Å². The Morgan fingerprint density at radius 1 is 1.25 bits per heavy atom. The van der Waals surface area contributed by atoms with E-state index in [0.29, 0.717) is 18.7 Å². The van der Waals surface area contributed by atoms with Crippen LogP contribution in [0.25, 0.3) is 0 Å². The van der Waals surface area contributed by atoms with E-state index in [1.165, 1.54) is 0 Å². The van der Waals surface area contributed by atoms with E-state index in [9.17, 15) is 4.79 Å². The Labute approximate surface area is 94.4 Å². The first kappa shape index (κ1) is 12.6. The van der Waals surface area contributed by atoms with Crippen molar-refractivity contribution in [1.29, 1.82) is 0 Å². The van der Waals surface area contributed by atoms with Crippen LogP contribution in [0.2, 0.25) is 0 Å². The van der Waals surface area contributed by atoms with Gasteiger partial charge in [-0.1, -0.05) is 18.2 Å². The summed E-state index contributed by atoms with van der Waals surface area (Å²) in [4.78, 5) is 16.2. The third-order valence-corrected chi connectivity index (χ3v) is 1.92. The smallest absolute Gasteiger partial charge is 0.356 e. The molecule has 5 heteroatoms. The second-order valence-electron chi connectivity index (χ2n) is 3.16. The van der Waals surface area contributed by atoms with Gasteiger partial charge < -0.3 is 9.94 Å². The zero-order valence-electron chi connectivity index (χ0n) is 8.98. The van der Waals surface area contributed by atoms with E-state index in [2.05, 4.69) is 10.8 Å². The van der Waals surface area contributed by atoms with Gasteiger partial charge in [0.05, 0.1) is 12.3 Å². The first-order valence-corrected chi connectivity index (χ1v) is 5.15. The van der Waals surface area contributed by atoms with Crippen LogP contribution in [0.3, 0.4) is 0 Å². The van der Waals surface area contributed by atoms with Crippen molar-refractivity contribution in [3.63, 3.8) is 0 Å². The molecule has 88 valence electrons. The Hall–Kier alpha value is -1.43. The standard InChI is InChI=1S/C11H16N2O3/c14-9-12-7-4-8-13-16-11(15)10-5-2-1-3-6-10/h1-3,5-6,12-14H,4,7-9H2. The quantitative estimate of drug-likeness (QED) is 0.352. The number of hydrogen-bond donors (Lipinski definition) is 3. The fourth-order valence-electron chi connectivity index (χ4n) is 1.11. The highest BCUT2D eigenvalue weighted by Crippen LogP contribution is 1.99. The highest BCUT2D eigenvalue weighted by Gasteiger charge is 2.04. The van der Waals surface area contributed by atoms with E-state index >= 15 is 0 Å². The topological polar surface area (TPSA) is 70.6 Å². The number of benzene rings is 1. The SMILES string of the molecule is O=C(ONCCCNCO)c1ccccc1. The summed E-state index contributed by atoms with van der Waals surface area (Å²) >= 11 is 0. The van der Waals surface area contributed by atoms with E-state index in [1.807, 2.05) is 6.07 Å². The van der Waals surface area contributed by atoms with Crippen LogP contribution >= 0.6 is 0 Å². The second kappa shape index (κ2) is 7.81. The number of hydroxylamine groups is 1. The Bertz CT molecular complexity index is 303. The molecule has 0 fully saturated rings. The molecule has 0 saturated carbocycles. The highest BCUT2D eigenvalue weighted by atomic mass is 16.7. The molecule has 0 radical (unpaired) electrons. The maximum atomic E-state index is 11.4. The lowest BCUT2D eigenvalue weighted by molar-refractivity contribution is 0.0251. The fourth-order valence-corrected chi connectivity index (χ4v) is 1.11. The zero-order valence-corrected chi connectivity index (χ0v) is 8.98. The van der Waals surface area contributed by atoms with E-state index in [4.69, 9.17) is 9.94 Å². The minimum absolute atomic E-state index is 0.0379. The van der Waals surface area contributed by atoms with E-state index < -0.39 is 5.97 Å². The van der Waals surface area contributed by atoms with Crippen molar-refractivity contribution in [1.82, 2.24) is 10.8 Å². The van der Waals surface area contributed by atoms with E-state index in [0.717, 1.165) is 6.42 Å². The molecule has 0 aromatic heterocycles. The monoisotopic (exact) mass is 224 g/mol. The van der Waals surface area contributed by atoms with Gasteiger partial charge in [-0.25, -0.2) is 4.79 Å². The third-order valence-electron chi connectivity index (χ3n) is 1.92. The fraction of sp³-hybridized carbons (Fsp3) is 0.364. The van der Waals surface area contributed by atoms with Crippen LogP contribution < -0.4 is 10.8 Å². The van der Waals surface area contributed by atoms with E-state index in [-0.39, 0.29) is 6.73 Å². The molecule has 0 aliphatic heterocycles. The normalized spacial score (nSPS) is 10.1. The molecule has 1 aromatic carbocycles. The maximum Gasteiger partial charge on any atom is 0.356 e. The summed E-state index contributed by atoms with van der Waals surface area (Å²) in [6.45, 7) is 1.18. The molecule has 0 amide bonds. The van der Waals surface area contributed by atoms with Gasteiger partial charge in [-0.2, -0.15) is 5.48 Å². The second-order valence-corrected chi connectivity index (χ2v) is 3.16. The average molecular weight is 224 g/mol. The van der Waals surface area contributed by atoms with Crippen molar-refractivity contribution in [2.45, 2.75) is 6.42 Å². The van der Waals surface area contributed by atoms with Gasteiger partial charge >= 0.3 is 5.97 Å². The number of aliphatic hydroxyl groups is 1. The van der Waals surface area contributed by atoms with Gasteiger partial charge in [-0.05, 0) is 25.1 Å². The minimum atomic E-state index is -0.393. The summed E-state index contributed by atoms with van der Waals surface area (Å²) < 4.78 is 0. The molecule has 0 spiro atoms. The van der Waals surface area contributed by atoms with Crippen LogP contribution in [0.4, 0.5) is 0 Å². The zero-order chi connectivity index (χ0) is 11.6. The number of carbonyl (C=O) groups is 1. The molecule has 0 bridgehead atoms. The molecule has 3 N–H and O–H groups in total. The van der Waals surface area contributed by atoms with Gasteiger partial charge in [0.15, 0.2) is 0 Å². The number of hydrogen-bond acceptors (Lipinski definition) is 5. The first-order valence-electron chi connectivity index (χ1n) is 5.15. The molecule has 0 heterocycles. The molecule has 1 rings (SSSR count). The lowest BCUT2D eigenvalue weighted by Crippen LogP contribution is -2.25. The highest BCUT2D eigenvalue weighted by molar-refractivity contribution is 5.89. The summed E-state index contributed by atoms with van der Waals surface area (Å²) in [5.74, 6) is -0.393. The molecule has 0 aliphatic rings. The molecule has 5 nitrogen and oxygen atoms in total. The largest absolute Gasteiger partial charge is 0.381 e. The summed E-state index contributed by atoms with van der Waals surface area (Å²) in [5, 5.41) is 11.2. The van der Waals surface area contributed by atoms with Gasteiger partial charge in [-0.3, -0.25) is 5.32 Å². The van der Waals surface area contributed by atoms with Crippen LogP contribution in [-0.2, 0) is 4.84 Å². The Kier molecular flexibility index (Phi) is 6.17. The van der Waals surface area contributed by atoms with Crippen LogP contribution in [-0.4, -0.2) is 30.9 Å². The van der Waals surface area contributed by atoms with Crippen molar-refractivity contribution in [2.24, 2.45) is 0 Å². The Morgan fingerprint density at radius 2 is 2.00 bits per heavy atom. The number of nitrogens with one attached hydrogen (secondary N) is 2. The maximum absolute atomic E-state index is 11.4. The summed E-state index contributed by atoms with van der Waals surface area (Å²) in [7, 11) is 0. The van der Waals surface area contributed by atoms with Gasteiger partial charge in [0.25, 0.3) is 0 Å². The number of aliphatic hydroxyl groups excluding tert-OH is 1. The molecular formula is C11H16N2O3. The van der Waals surface area contributed by atoms with Crippen LogP contribution in [0.1, 0.15) is 16.8 Å². The molecule has 1 aromatic rings. The predicted molar refractivity (Wildman–Crippen MR) is 59.6 cm³/mol. The summed E-state index contributed by atoms with van der Waals surface area (Å²) in [5.41, 5.74) is 3.09. The Balaban J connectivity index is 2.12. The first-order chi connectivity index (χ1) is 7.84. The molecular weight excluding hydrogens is 208 g/mol. The molecule has 0 saturated heterocycles. The van der Waals surface area contributed by atoms with Crippen LogP contribution in [0.5, 0.6) is 0 Å². The third kappa shape index (κ3) is 4.88. The van der Waals surface area contributed by atoms with Crippen molar-refractivity contribution >= 4 is 5.97 Å². The molecule has 0 atom stereocenters. The van der Waals surface area contributed by atoms with Crippen molar-refractivity contribution in [3.05, 3.63) is 35.9 Å². The molecule has 16 heavy (non-hydrogen) atoms. The summed E-state index contributed by atoms with van der Waals surface area (Å²) in [6.07, 6.45) is 0.766.